The molecule has 2 aromatic heterocycles. The van der Waals surface area contributed by atoms with Crippen molar-refractivity contribution in [2.24, 2.45) is 0 Å². The zero-order valence-electron chi connectivity index (χ0n) is 19.1. The Morgan fingerprint density at radius 2 is 1.82 bits per heavy atom. The topological polar surface area (TPSA) is 78.7 Å². The SMILES string of the molecule is COc1ccc(C(=O)N(CCCn2ccnc2)c2nc3c(OC)ccc(C)c3s2)cc1OC. The number of nitrogens with zero attached hydrogens (tertiary/aromatic N) is 4. The highest BCUT2D eigenvalue weighted by Crippen LogP contribution is 2.37. The number of fused-ring (bicyclic) bond motifs is 1. The van der Waals surface area contributed by atoms with E-state index in [1.165, 1.54) is 11.3 Å². The van der Waals surface area contributed by atoms with Crippen LogP contribution in [0.3, 0.4) is 0 Å². The van der Waals surface area contributed by atoms with Crippen molar-refractivity contribution < 1.29 is 19.0 Å². The number of hydrogen-bond acceptors (Lipinski definition) is 7. The van der Waals surface area contributed by atoms with Crippen LogP contribution in [0.15, 0.2) is 49.1 Å². The standard InChI is InChI=1S/C24H26N4O4S/c1-16-6-8-19(31-3)21-22(16)33-24(26-21)28(12-5-11-27-13-10-25-15-27)23(29)17-7-9-18(30-2)20(14-17)32-4/h6-10,13-15H,5,11-12H2,1-4H3. The molecule has 9 heteroatoms. The van der Waals surface area contributed by atoms with E-state index in [9.17, 15) is 4.79 Å². The first kappa shape index (κ1) is 22.6. The molecule has 0 unspecified atom stereocenters. The summed E-state index contributed by atoms with van der Waals surface area (Å²) in [6.45, 7) is 3.26. The van der Waals surface area contributed by atoms with Gasteiger partial charge < -0.3 is 18.8 Å². The van der Waals surface area contributed by atoms with E-state index < -0.39 is 0 Å². The number of ether oxygens (including phenoxy) is 3. The second-order valence-electron chi connectivity index (χ2n) is 7.44. The molecule has 4 rings (SSSR count). The molecule has 0 N–H and O–H groups in total. The summed E-state index contributed by atoms with van der Waals surface area (Å²) in [5, 5.41) is 0.628. The van der Waals surface area contributed by atoms with E-state index in [2.05, 4.69) is 4.98 Å². The van der Waals surface area contributed by atoms with E-state index >= 15 is 0 Å². The second-order valence-corrected chi connectivity index (χ2v) is 8.42. The number of aryl methyl sites for hydroxylation is 2. The van der Waals surface area contributed by atoms with Crippen LogP contribution < -0.4 is 19.1 Å². The number of imidazole rings is 1. The van der Waals surface area contributed by atoms with Crippen molar-refractivity contribution in [1.29, 1.82) is 0 Å². The number of carbonyl (C=O) groups is 1. The number of aromatic nitrogens is 3. The van der Waals surface area contributed by atoms with Crippen molar-refractivity contribution in [2.45, 2.75) is 19.9 Å². The minimum atomic E-state index is -0.155. The predicted octanol–water partition coefficient (Wildman–Crippen LogP) is 4.56. The van der Waals surface area contributed by atoms with Gasteiger partial charge in [0.15, 0.2) is 16.6 Å². The molecule has 172 valence electrons. The molecular formula is C24H26N4O4S. The van der Waals surface area contributed by atoms with Crippen LogP contribution in [0.1, 0.15) is 22.3 Å². The highest BCUT2D eigenvalue weighted by atomic mass is 32.1. The normalized spacial score (nSPS) is 10.9. The minimum Gasteiger partial charge on any atom is -0.494 e. The summed E-state index contributed by atoms with van der Waals surface area (Å²) in [5.74, 6) is 1.61. The predicted molar refractivity (Wildman–Crippen MR) is 129 cm³/mol. The maximum atomic E-state index is 13.7. The molecule has 4 aromatic rings. The first-order valence-corrected chi connectivity index (χ1v) is 11.3. The van der Waals surface area contributed by atoms with E-state index in [0.29, 0.717) is 34.5 Å². The first-order valence-electron chi connectivity index (χ1n) is 10.5. The number of amides is 1. The van der Waals surface area contributed by atoms with E-state index in [0.717, 1.165) is 28.7 Å². The molecule has 0 saturated carbocycles. The van der Waals surface area contributed by atoms with Crippen LogP contribution in [0.25, 0.3) is 10.2 Å². The maximum absolute atomic E-state index is 13.7. The Labute approximate surface area is 196 Å². The van der Waals surface area contributed by atoms with Gasteiger partial charge in [0.05, 0.1) is 32.4 Å². The van der Waals surface area contributed by atoms with Gasteiger partial charge >= 0.3 is 0 Å². The molecule has 0 aliphatic rings. The molecule has 0 radical (unpaired) electrons. The van der Waals surface area contributed by atoms with Gasteiger partial charge in [0.1, 0.15) is 11.3 Å². The van der Waals surface area contributed by atoms with E-state index in [4.69, 9.17) is 19.2 Å². The third-order valence-corrected chi connectivity index (χ3v) is 6.59. The van der Waals surface area contributed by atoms with Gasteiger partial charge in [-0.15, -0.1) is 0 Å². The quantitative estimate of drug-likeness (QED) is 0.360. The summed E-state index contributed by atoms with van der Waals surface area (Å²) >= 11 is 1.49. The molecule has 0 atom stereocenters. The molecule has 0 spiro atoms. The molecule has 8 nitrogen and oxygen atoms in total. The summed E-state index contributed by atoms with van der Waals surface area (Å²) in [6.07, 6.45) is 6.16. The van der Waals surface area contributed by atoms with Crippen molar-refractivity contribution in [3.05, 3.63) is 60.2 Å². The maximum Gasteiger partial charge on any atom is 0.260 e. The van der Waals surface area contributed by atoms with Crippen molar-refractivity contribution in [3.63, 3.8) is 0 Å². The lowest BCUT2D eigenvalue weighted by Crippen LogP contribution is -2.32. The van der Waals surface area contributed by atoms with Crippen molar-refractivity contribution in [2.75, 3.05) is 32.8 Å². The van der Waals surface area contributed by atoms with E-state index in [1.807, 2.05) is 29.8 Å². The Balaban J connectivity index is 1.71. The largest absolute Gasteiger partial charge is 0.494 e. The number of methoxy groups -OCH3 is 3. The first-order chi connectivity index (χ1) is 16.0. The zero-order valence-corrected chi connectivity index (χ0v) is 19.9. The minimum absolute atomic E-state index is 0.155. The number of carbonyl (C=O) groups excluding carboxylic acids is 1. The van der Waals surface area contributed by atoms with Gasteiger partial charge in [-0.25, -0.2) is 9.97 Å². The van der Waals surface area contributed by atoms with Crippen molar-refractivity contribution in [1.82, 2.24) is 14.5 Å². The molecule has 0 aliphatic carbocycles. The van der Waals surface area contributed by atoms with Gasteiger partial charge in [0, 0.05) is 31.0 Å². The number of hydrogen-bond donors (Lipinski definition) is 0. The van der Waals surface area contributed by atoms with E-state index in [1.54, 1.807) is 57.0 Å². The lowest BCUT2D eigenvalue weighted by atomic mass is 10.1. The summed E-state index contributed by atoms with van der Waals surface area (Å²) in [6, 6.07) is 9.08. The fourth-order valence-electron chi connectivity index (χ4n) is 3.62. The molecule has 0 bridgehead atoms. The lowest BCUT2D eigenvalue weighted by Gasteiger charge is -2.20. The Morgan fingerprint density at radius 1 is 1.06 bits per heavy atom. The summed E-state index contributed by atoms with van der Waals surface area (Å²) in [5.41, 5.74) is 2.35. The smallest absolute Gasteiger partial charge is 0.260 e. The third kappa shape index (κ3) is 4.63. The van der Waals surface area contributed by atoms with Crippen LogP contribution in [0.5, 0.6) is 17.2 Å². The van der Waals surface area contributed by atoms with Crippen molar-refractivity contribution >= 4 is 32.6 Å². The molecule has 0 fully saturated rings. The second kappa shape index (κ2) is 9.91. The average molecular weight is 467 g/mol. The van der Waals surface area contributed by atoms with Gasteiger partial charge in [-0.05, 0) is 43.2 Å². The Kier molecular flexibility index (Phi) is 6.79. The Hall–Kier alpha value is -3.59. The number of benzene rings is 2. The monoisotopic (exact) mass is 466 g/mol. The molecule has 33 heavy (non-hydrogen) atoms. The molecule has 2 aromatic carbocycles. The van der Waals surface area contributed by atoms with Crippen LogP contribution >= 0.6 is 11.3 Å². The van der Waals surface area contributed by atoms with E-state index in [-0.39, 0.29) is 5.91 Å². The fraction of sp³-hybridized carbons (Fsp3) is 0.292. The highest BCUT2D eigenvalue weighted by molar-refractivity contribution is 7.22. The number of anilines is 1. The number of rotatable bonds is 9. The molecule has 0 saturated heterocycles. The summed E-state index contributed by atoms with van der Waals surface area (Å²) < 4.78 is 19.2. The highest BCUT2D eigenvalue weighted by Gasteiger charge is 2.24. The van der Waals surface area contributed by atoms with Crippen LogP contribution in [0.2, 0.25) is 0 Å². The third-order valence-electron chi connectivity index (χ3n) is 5.38. The fourth-order valence-corrected chi connectivity index (χ4v) is 4.69. The Bertz CT molecular complexity index is 1250. The van der Waals surface area contributed by atoms with Gasteiger partial charge in [-0.2, -0.15) is 0 Å². The van der Waals surface area contributed by atoms with Crippen LogP contribution in [0, 0.1) is 6.92 Å². The molecule has 0 aliphatic heterocycles. The van der Waals surface area contributed by atoms with Gasteiger partial charge in [0.25, 0.3) is 5.91 Å². The molecule has 2 heterocycles. The van der Waals surface area contributed by atoms with Crippen LogP contribution in [-0.4, -0.2) is 48.3 Å². The lowest BCUT2D eigenvalue weighted by molar-refractivity contribution is 0.0986. The summed E-state index contributed by atoms with van der Waals surface area (Å²) in [4.78, 5) is 24.3. The molecular weight excluding hydrogens is 440 g/mol. The van der Waals surface area contributed by atoms with Crippen molar-refractivity contribution in [3.8, 4) is 17.2 Å². The molecule has 1 amide bonds. The van der Waals surface area contributed by atoms with Gasteiger partial charge in [-0.3, -0.25) is 9.69 Å². The van der Waals surface area contributed by atoms with Gasteiger partial charge in [-0.1, -0.05) is 17.4 Å². The average Bonchev–Trinajstić information content (AvgIpc) is 3.52. The van der Waals surface area contributed by atoms with Crippen LogP contribution in [-0.2, 0) is 6.54 Å². The van der Waals surface area contributed by atoms with Gasteiger partial charge in [0.2, 0.25) is 0 Å². The Morgan fingerprint density at radius 3 is 2.52 bits per heavy atom. The zero-order chi connectivity index (χ0) is 23.4. The number of thiazole rings is 1. The van der Waals surface area contributed by atoms with Crippen LogP contribution in [0.4, 0.5) is 5.13 Å². The summed E-state index contributed by atoms with van der Waals surface area (Å²) in [7, 11) is 4.75.